The van der Waals surface area contributed by atoms with Crippen LogP contribution in [0.3, 0.4) is 0 Å². The first-order valence-corrected chi connectivity index (χ1v) is 6.87. The third-order valence-electron chi connectivity index (χ3n) is 3.45. The van der Waals surface area contributed by atoms with Crippen molar-refractivity contribution in [2.75, 3.05) is 0 Å². The zero-order valence-corrected chi connectivity index (χ0v) is 12.6. The van der Waals surface area contributed by atoms with Crippen molar-refractivity contribution in [3.63, 3.8) is 0 Å². The van der Waals surface area contributed by atoms with E-state index in [0.717, 1.165) is 10.0 Å². The standard InChI is InChI=1S/C16H18BrN/c1-10-8-12(3)15(9-11(10)2)16(18)13-4-6-14(17)7-5-13/h4-9,16H,18H2,1-3H3. The molecule has 94 valence electrons. The summed E-state index contributed by atoms with van der Waals surface area (Å²) in [4.78, 5) is 0. The SMILES string of the molecule is Cc1cc(C)c(C(N)c2ccc(Br)cc2)cc1C. The van der Waals surface area contributed by atoms with Gasteiger partial charge in [-0.1, -0.05) is 40.2 Å². The van der Waals surface area contributed by atoms with Crippen molar-refractivity contribution < 1.29 is 0 Å². The average molecular weight is 304 g/mol. The molecular formula is C16H18BrN. The van der Waals surface area contributed by atoms with E-state index in [0.29, 0.717) is 0 Å². The molecule has 1 atom stereocenters. The largest absolute Gasteiger partial charge is 0.320 e. The van der Waals surface area contributed by atoms with Crippen molar-refractivity contribution >= 4 is 15.9 Å². The first kappa shape index (κ1) is 13.3. The summed E-state index contributed by atoms with van der Waals surface area (Å²) in [5.41, 5.74) is 12.6. The molecule has 2 N–H and O–H groups in total. The number of nitrogens with two attached hydrogens (primary N) is 1. The molecule has 0 saturated heterocycles. The van der Waals surface area contributed by atoms with Gasteiger partial charge in [0.05, 0.1) is 6.04 Å². The lowest BCUT2D eigenvalue weighted by Gasteiger charge is -2.17. The molecule has 18 heavy (non-hydrogen) atoms. The quantitative estimate of drug-likeness (QED) is 0.873. The van der Waals surface area contributed by atoms with Gasteiger partial charge in [-0.2, -0.15) is 0 Å². The van der Waals surface area contributed by atoms with E-state index in [-0.39, 0.29) is 6.04 Å². The molecule has 0 radical (unpaired) electrons. The highest BCUT2D eigenvalue weighted by molar-refractivity contribution is 9.10. The minimum absolute atomic E-state index is 0.0580. The van der Waals surface area contributed by atoms with Crippen LogP contribution in [0.2, 0.25) is 0 Å². The molecule has 2 aromatic rings. The number of aryl methyl sites for hydroxylation is 3. The van der Waals surface area contributed by atoms with Gasteiger partial charge in [-0.25, -0.2) is 0 Å². The summed E-state index contributed by atoms with van der Waals surface area (Å²) in [5, 5.41) is 0. The van der Waals surface area contributed by atoms with Crippen LogP contribution in [0.15, 0.2) is 40.9 Å². The second kappa shape index (κ2) is 5.25. The fraction of sp³-hybridized carbons (Fsp3) is 0.250. The Morgan fingerprint density at radius 3 is 2.06 bits per heavy atom. The van der Waals surface area contributed by atoms with Gasteiger partial charge in [0, 0.05) is 4.47 Å². The molecule has 0 aromatic heterocycles. The van der Waals surface area contributed by atoms with Gasteiger partial charge < -0.3 is 5.73 Å². The molecule has 2 rings (SSSR count). The van der Waals surface area contributed by atoms with E-state index < -0.39 is 0 Å². The second-order valence-electron chi connectivity index (χ2n) is 4.82. The lowest BCUT2D eigenvalue weighted by molar-refractivity contribution is 0.858. The predicted molar refractivity (Wildman–Crippen MR) is 80.8 cm³/mol. The van der Waals surface area contributed by atoms with Crippen molar-refractivity contribution in [2.24, 2.45) is 5.73 Å². The minimum atomic E-state index is -0.0580. The third kappa shape index (κ3) is 2.65. The van der Waals surface area contributed by atoms with Crippen LogP contribution in [0.4, 0.5) is 0 Å². The van der Waals surface area contributed by atoms with Gasteiger partial charge in [0.25, 0.3) is 0 Å². The van der Waals surface area contributed by atoms with E-state index in [1.54, 1.807) is 0 Å². The first-order valence-electron chi connectivity index (χ1n) is 6.08. The van der Waals surface area contributed by atoms with E-state index in [9.17, 15) is 0 Å². The Hall–Kier alpha value is -1.12. The molecule has 0 aliphatic heterocycles. The third-order valence-corrected chi connectivity index (χ3v) is 3.98. The predicted octanol–water partition coefficient (Wildman–Crippen LogP) is 4.42. The van der Waals surface area contributed by atoms with Crippen LogP contribution in [-0.4, -0.2) is 0 Å². The monoisotopic (exact) mass is 303 g/mol. The Morgan fingerprint density at radius 2 is 1.44 bits per heavy atom. The second-order valence-corrected chi connectivity index (χ2v) is 5.74. The minimum Gasteiger partial charge on any atom is -0.320 e. The summed E-state index contributed by atoms with van der Waals surface area (Å²) in [5.74, 6) is 0. The maximum atomic E-state index is 6.37. The highest BCUT2D eigenvalue weighted by Gasteiger charge is 2.12. The van der Waals surface area contributed by atoms with Crippen molar-refractivity contribution in [1.82, 2.24) is 0 Å². The molecule has 0 saturated carbocycles. The van der Waals surface area contributed by atoms with Gasteiger partial charge >= 0.3 is 0 Å². The van der Waals surface area contributed by atoms with Crippen LogP contribution in [0, 0.1) is 20.8 Å². The molecule has 1 unspecified atom stereocenters. The van der Waals surface area contributed by atoms with Crippen LogP contribution < -0.4 is 5.73 Å². The lowest BCUT2D eigenvalue weighted by Crippen LogP contribution is -2.13. The Bertz CT molecular complexity index is 558. The molecule has 0 heterocycles. The van der Waals surface area contributed by atoms with Crippen LogP contribution in [0.25, 0.3) is 0 Å². The molecule has 0 aliphatic carbocycles. The molecular weight excluding hydrogens is 286 g/mol. The van der Waals surface area contributed by atoms with Crippen LogP contribution in [0.1, 0.15) is 33.9 Å². The molecule has 0 bridgehead atoms. The zero-order chi connectivity index (χ0) is 13.3. The molecule has 1 nitrogen and oxygen atoms in total. The number of halogens is 1. The molecule has 0 aliphatic rings. The van der Waals surface area contributed by atoms with Gasteiger partial charge in [-0.15, -0.1) is 0 Å². The van der Waals surface area contributed by atoms with E-state index in [2.05, 4.69) is 61.0 Å². The van der Waals surface area contributed by atoms with E-state index >= 15 is 0 Å². The van der Waals surface area contributed by atoms with Crippen molar-refractivity contribution in [3.05, 3.63) is 68.7 Å². The molecule has 2 heteroatoms. The van der Waals surface area contributed by atoms with Gasteiger partial charge in [0.15, 0.2) is 0 Å². The average Bonchev–Trinajstić information content (AvgIpc) is 2.34. The molecule has 2 aromatic carbocycles. The maximum absolute atomic E-state index is 6.37. The zero-order valence-electron chi connectivity index (χ0n) is 11.0. The van der Waals surface area contributed by atoms with E-state index in [1.165, 1.54) is 22.3 Å². The Kier molecular flexibility index (Phi) is 3.88. The fourth-order valence-electron chi connectivity index (χ4n) is 2.17. The summed E-state index contributed by atoms with van der Waals surface area (Å²) < 4.78 is 1.08. The summed E-state index contributed by atoms with van der Waals surface area (Å²) >= 11 is 3.45. The van der Waals surface area contributed by atoms with Gasteiger partial charge in [0.1, 0.15) is 0 Å². The van der Waals surface area contributed by atoms with Gasteiger partial charge in [-0.3, -0.25) is 0 Å². The Balaban J connectivity index is 2.42. The molecule has 0 fully saturated rings. The van der Waals surface area contributed by atoms with Crippen molar-refractivity contribution in [3.8, 4) is 0 Å². The van der Waals surface area contributed by atoms with Crippen LogP contribution in [-0.2, 0) is 0 Å². The summed E-state index contributed by atoms with van der Waals surface area (Å²) in [6, 6.07) is 12.6. The lowest BCUT2D eigenvalue weighted by atomic mass is 9.92. The van der Waals surface area contributed by atoms with Gasteiger partial charge in [-0.05, 0) is 60.7 Å². The maximum Gasteiger partial charge on any atom is 0.0554 e. The smallest absolute Gasteiger partial charge is 0.0554 e. The van der Waals surface area contributed by atoms with Crippen LogP contribution >= 0.6 is 15.9 Å². The normalized spacial score (nSPS) is 12.5. The van der Waals surface area contributed by atoms with E-state index in [4.69, 9.17) is 5.73 Å². The number of hydrogen-bond donors (Lipinski definition) is 1. The molecule has 0 amide bonds. The van der Waals surface area contributed by atoms with Gasteiger partial charge in [0.2, 0.25) is 0 Å². The topological polar surface area (TPSA) is 26.0 Å². The fourth-order valence-corrected chi connectivity index (χ4v) is 2.43. The number of hydrogen-bond acceptors (Lipinski definition) is 1. The summed E-state index contributed by atoms with van der Waals surface area (Å²) in [6.45, 7) is 6.39. The number of benzene rings is 2. The van der Waals surface area contributed by atoms with Crippen LogP contribution in [0.5, 0.6) is 0 Å². The van der Waals surface area contributed by atoms with Crippen molar-refractivity contribution in [1.29, 1.82) is 0 Å². The number of rotatable bonds is 2. The Morgan fingerprint density at radius 1 is 0.889 bits per heavy atom. The first-order chi connectivity index (χ1) is 8.49. The molecule has 0 spiro atoms. The van der Waals surface area contributed by atoms with Crippen molar-refractivity contribution in [2.45, 2.75) is 26.8 Å². The summed E-state index contributed by atoms with van der Waals surface area (Å²) in [7, 11) is 0. The highest BCUT2D eigenvalue weighted by atomic mass is 79.9. The summed E-state index contributed by atoms with van der Waals surface area (Å²) in [6.07, 6.45) is 0. The van der Waals surface area contributed by atoms with E-state index in [1.807, 2.05) is 12.1 Å². The Labute approximate surface area is 117 Å². The highest BCUT2D eigenvalue weighted by Crippen LogP contribution is 2.26.